The van der Waals surface area contributed by atoms with Crippen molar-refractivity contribution in [3.05, 3.63) is 0 Å². The largest absolute Gasteiger partial charge is 0.392 e. The molecular formula is C15H28O2. The second-order valence-electron chi connectivity index (χ2n) is 6.62. The van der Waals surface area contributed by atoms with Gasteiger partial charge in [-0.3, -0.25) is 0 Å². The zero-order chi connectivity index (χ0) is 12.5. The highest BCUT2D eigenvalue weighted by Gasteiger charge is 2.55. The van der Waals surface area contributed by atoms with Crippen molar-refractivity contribution in [1.82, 2.24) is 0 Å². The molecule has 100 valence electrons. The van der Waals surface area contributed by atoms with Crippen molar-refractivity contribution in [3.8, 4) is 0 Å². The van der Waals surface area contributed by atoms with Gasteiger partial charge in [0, 0.05) is 11.8 Å². The Hall–Kier alpha value is -0.0800. The first kappa shape index (κ1) is 13.4. The van der Waals surface area contributed by atoms with E-state index in [9.17, 15) is 5.11 Å². The van der Waals surface area contributed by atoms with Crippen molar-refractivity contribution in [1.29, 1.82) is 0 Å². The summed E-state index contributed by atoms with van der Waals surface area (Å²) in [5, 5.41) is 10.2. The van der Waals surface area contributed by atoms with Crippen LogP contribution >= 0.6 is 0 Å². The fourth-order valence-corrected chi connectivity index (χ4v) is 3.40. The smallest absolute Gasteiger partial charge is 0.0688 e. The molecule has 0 aromatic rings. The summed E-state index contributed by atoms with van der Waals surface area (Å²) < 4.78 is 6.28. The first-order valence-corrected chi connectivity index (χ1v) is 7.36. The summed E-state index contributed by atoms with van der Waals surface area (Å²) in [5.74, 6) is 0. The molecule has 0 amide bonds. The number of rotatable bonds is 3. The summed E-state index contributed by atoms with van der Waals surface area (Å²) >= 11 is 0. The number of hydrogen-bond donors (Lipinski definition) is 1. The predicted octanol–water partition coefficient (Wildman–Crippen LogP) is 3.67. The van der Waals surface area contributed by atoms with Crippen molar-refractivity contribution < 1.29 is 9.84 Å². The molecule has 17 heavy (non-hydrogen) atoms. The summed E-state index contributed by atoms with van der Waals surface area (Å²) in [7, 11) is 0. The number of aliphatic hydroxyl groups excluding tert-OH is 1. The average Bonchev–Trinajstić information content (AvgIpc) is 2.56. The number of hydrogen-bond acceptors (Lipinski definition) is 2. The van der Waals surface area contributed by atoms with Crippen molar-refractivity contribution in [2.24, 2.45) is 5.41 Å². The third kappa shape index (κ3) is 2.53. The van der Waals surface area contributed by atoms with E-state index in [1.807, 2.05) is 0 Å². The maximum absolute atomic E-state index is 10.2. The zero-order valence-corrected chi connectivity index (χ0v) is 11.7. The Morgan fingerprint density at radius 2 is 1.76 bits per heavy atom. The van der Waals surface area contributed by atoms with Crippen molar-refractivity contribution in [2.75, 3.05) is 0 Å². The third-order valence-electron chi connectivity index (χ3n) is 5.09. The molecule has 0 heterocycles. The quantitative estimate of drug-likeness (QED) is 0.815. The van der Waals surface area contributed by atoms with Gasteiger partial charge >= 0.3 is 0 Å². The highest BCUT2D eigenvalue weighted by atomic mass is 16.5. The fraction of sp³-hybridized carbons (Fsp3) is 1.00. The van der Waals surface area contributed by atoms with Gasteiger partial charge in [-0.2, -0.15) is 0 Å². The highest BCUT2D eigenvalue weighted by Crippen LogP contribution is 2.53. The molecule has 2 aliphatic rings. The third-order valence-corrected chi connectivity index (χ3v) is 5.09. The minimum atomic E-state index is -0.113. The molecule has 2 rings (SSSR count). The van der Waals surface area contributed by atoms with Gasteiger partial charge in [0.25, 0.3) is 0 Å². The van der Waals surface area contributed by atoms with E-state index < -0.39 is 0 Å². The van der Waals surface area contributed by atoms with Gasteiger partial charge in [0.2, 0.25) is 0 Å². The molecule has 2 atom stereocenters. The van der Waals surface area contributed by atoms with E-state index in [0.29, 0.717) is 6.10 Å². The Bertz CT molecular complexity index is 252. The standard InChI is InChI=1S/C15H28O2/c1-4-14(2,3)17-13-11-12(16)15(13)9-7-5-6-8-10-15/h12-13,16H,4-11H2,1-3H3. The molecule has 0 bridgehead atoms. The van der Waals surface area contributed by atoms with Crippen LogP contribution in [0.2, 0.25) is 0 Å². The van der Waals surface area contributed by atoms with E-state index in [1.165, 1.54) is 38.5 Å². The molecule has 1 spiro atoms. The highest BCUT2D eigenvalue weighted by molar-refractivity contribution is 5.05. The molecule has 2 heteroatoms. The van der Waals surface area contributed by atoms with Crippen molar-refractivity contribution in [3.63, 3.8) is 0 Å². The van der Waals surface area contributed by atoms with Gasteiger partial charge in [0.15, 0.2) is 0 Å². The van der Waals surface area contributed by atoms with E-state index in [1.54, 1.807) is 0 Å². The lowest BCUT2D eigenvalue weighted by atomic mass is 9.59. The van der Waals surface area contributed by atoms with E-state index in [4.69, 9.17) is 4.74 Å². The molecule has 2 unspecified atom stereocenters. The monoisotopic (exact) mass is 240 g/mol. The summed E-state index contributed by atoms with van der Waals surface area (Å²) in [4.78, 5) is 0. The van der Waals surface area contributed by atoms with Gasteiger partial charge < -0.3 is 9.84 Å². The molecule has 0 aromatic heterocycles. The zero-order valence-electron chi connectivity index (χ0n) is 11.7. The lowest BCUT2D eigenvalue weighted by Crippen LogP contribution is -2.59. The van der Waals surface area contributed by atoms with Crippen LogP contribution in [-0.2, 0) is 4.74 Å². The topological polar surface area (TPSA) is 29.5 Å². The number of aliphatic hydroxyl groups is 1. The van der Waals surface area contributed by atoms with Crippen LogP contribution in [-0.4, -0.2) is 22.9 Å². The van der Waals surface area contributed by atoms with Crippen LogP contribution in [0.15, 0.2) is 0 Å². The Balaban J connectivity index is 2.03. The normalized spacial score (nSPS) is 33.2. The Kier molecular flexibility index (Phi) is 3.84. The van der Waals surface area contributed by atoms with Crippen LogP contribution < -0.4 is 0 Å². The van der Waals surface area contributed by atoms with Gasteiger partial charge in [0.1, 0.15) is 0 Å². The van der Waals surface area contributed by atoms with E-state index in [0.717, 1.165) is 12.8 Å². The van der Waals surface area contributed by atoms with Gasteiger partial charge in [-0.25, -0.2) is 0 Å². The molecule has 0 saturated heterocycles. The van der Waals surface area contributed by atoms with E-state index >= 15 is 0 Å². The molecule has 0 aliphatic heterocycles. The molecule has 2 saturated carbocycles. The Labute approximate surface area is 106 Å². The van der Waals surface area contributed by atoms with Crippen LogP contribution in [0.5, 0.6) is 0 Å². The van der Waals surface area contributed by atoms with E-state index in [2.05, 4.69) is 20.8 Å². The molecule has 0 aromatic carbocycles. The average molecular weight is 240 g/mol. The minimum Gasteiger partial charge on any atom is -0.392 e. The summed E-state index contributed by atoms with van der Waals surface area (Å²) in [6.45, 7) is 6.51. The Morgan fingerprint density at radius 1 is 1.18 bits per heavy atom. The van der Waals surface area contributed by atoms with Crippen LogP contribution in [0.3, 0.4) is 0 Å². The van der Waals surface area contributed by atoms with Crippen LogP contribution in [0, 0.1) is 5.41 Å². The van der Waals surface area contributed by atoms with E-state index in [-0.39, 0.29) is 17.1 Å². The van der Waals surface area contributed by atoms with Crippen LogP contribution in [0.4, 0.5) is 0 Å². The van der Waals surface area contributed by atoms with Gasteiger partial charge in [-0.1, -0.05) is 32.6 Å². The van der Waals surface area contributed by atoms with Gasteiger partial charge in [-0.15, -0.1) is 0 Å². The van der Waals surface area contributed by atoms with Gasteiger partial charge in [-0.05, 0) is 33.1 Å². The maximum atomic E-state index is 10.2. The summed E-state index contributed by atoms with van der Waals surface area (Å²) in [6.07, 6.45) is 9.60. The Morgan fingerprint density at radius 3 is 2.24 bits per heavy atom. The van der Waals surface area contributed by atoms with Crippen LogP contribution in [0.1, 0.15) is 72.1 Å². The lowest BCUT2D eigenvalue weighted by molar-refractivity contribution is -0.236. The van der Waals surface area contributed by atoms with Crippen LogP contribution in [0.25, 0.3) is 0 Å². The molecule has 2 aliphatic carbocycles. The van der Waals surface area contributed by atoms with Gasteiger partial charge in [0.05, 0.1) is 17.8 Å². The first-order valence-electron chi connectivity index (χ1n) is 7.36. The summed E-state index contributed by atoms with van der Waals surface area (Å²) in [6, 6.07) is 0. The predicted molar refractivity (Wildman–Crippen MR) is 70.0 cm³/mol. The minimum absolute atomic E-state index is 0.0376. The van der Waals surface area contributed by atoms with Crippen molar-refractivity contribution >= 4 is 0 Å². The molecular weight excluding hydrogens is 212 g/mol. The second kappa shape index (κ2) is 4.89. The molecule has 2 nitrogen and oxygen atoms in total. The first-order chi connectivity index (χ1) is 8.00. The second-order valence-corrected chi connectivity index (χ2v) is 6.62. The SMILES string of the molecule is CCC(C)(C)OC1CC(O)C12CCCCCC2. The summed E-state index contributed by atoms with van der Waals surface area (Å²) in [5.41, 5.74) is 0.0626. The maximum Gasteiger partial charge on any atom is 0.0688 e. The van der Waals surface area contributed by atoms with Crippen molar-refractivity contribution in [2.45, 2.75) is 89.9 Å². The molecule has 2 fully saturated rings. The molecule has 0 radical (unpaired) electrons. The number of ether oxygens (including phenoxy) is 1. The fourth-order valence-electron chi connectivity index (χ4n) is 3.40. The molecule has 1 N–H and O–H groups in total. The lowest BCUT2D eigenvalue weighted by Gasteiger charge is -2.55.